The molecule has 8 heteroatoms. The quantitative estimate of drug-likeness (QED) is 0.595. The highest BCUT2D eigenvalue weighted by Gasteiger charge is 2.10. The monoisotopic (exact) mass is 405 g/mol. The van der Waals surface area contributed by atoms with E-state index in [1.807, 2.05) is 25.1 Å². The minimum atomic E-state index is -0.161. The molecular formula is C18H16ClN3O2S2. The Balaban J connectivity index is 1.60. The van der Waals surface area contributed by atoms with Crippen molar-refractivity contribution in [3.05, 3.63) is 53.1 Å². The summed E-state index contributed by atoms with van der Waals surface area (Å²) in [5.74, 6) is -0.0784. The molecule has 3 rings (SSSR count). The van der Waals surface area contributed by atoms with Crippen LogP contribution >= 0.6 is 34.7 Å². The van der Waals surface area contributed by atoms with Gasteiger partial charge in [-0.2, -0.15) is 0 Å². The Morgan fingerprint density at radius 2 is 2.08 bits per heavy atom. The smallest absolute Gasteiger partial charge is 0.251 e. The van der Waals surface area contributed by atoms with E-state index in [0.29, 0.717) is 22.8 Å². The molecule has 0 spiro atoms. The van der Waals surface area contributed by atoms with E-state index in [1.54, 1.807) is 24.3 Å². The van der Waals surface area contributed by atoms with Gasteiger partial charge in [-0.1, -0.05) is 29.4 Å². The van der Waals surface area contributed by atoms with Crippen LogP contribution in [0.3, 0.4) is 0 Å². The fraction of sp³-hybridized carbons (Fsp3) is 0.167. The molecule has 2 aromatic carbocycles. The van der Waals surface area contributed by atoms with E-state index in [2.05, 4.69) is 15.6 Å². The lowest BCUT2D eigenvalue weighted by molar-refractivity contribution is -0.113. The molecule has 0 saturated heterocycles. The number of aromatic nitrogens is 1. The van der Waals surface area contributed by atoms with Gasteiger partial charge in [0, 0.05) is 22.8 Å². The topological polar surface area (TPSA) is 71.1 Å². The molecule has 0 saturated carbocycles. The number of hydrogen-bond donors (Lipinski definition) is 2. The van der Waals surface area contributed by atoms with Gasteiger partial charge < -0.3 is 10.6 Å². The van der Waals surface area contributed by atoms with Crippen LogP contribution in [0.2, 0.25) is 5.02 Å². The van der Waals surface area contributed by atoms with Crippen LogP contribution in [0.25, 0.3) is 10.2 Å². The number of nitrogens with zero attached hydrogens (tertiary/aromatic N) is 1. The van der Waals surface area contributed by atoms with Crippen molar-refractivity contribution < 1.29 is 9.59 Å². The Kier molecular flexibility index (Phi) is 6.13. The summed E-state index contributed by atoms with van der Waals surface area (Å²) in [5, 5.41) is 6.18. The molecule has 5 nitrogen and oxygen atoms in total. The summed E-state index contributed by atoms with van der Waals surface area (Å²) < 4.78 is 1.85. The molecule has 3 aromatic rings. The van der Waals surface area contributed by atoms with Gasteiger partial charge in [-0.05, 0) is 43.3 Å². The summed E-state index contributed by atoms with van der Waals surface area (Å²) in [6.45, 7) is 2.41. The minimum absolute atomic E-state index is 0.152. The van der Waals surface area contributed by atoms with Gasteiger partial charge in [0.15, 0.2) is 4.34 Å². The maximum atomic E-state index is 12.2. The summed E-state index contributed by atoms with van der Waals surface area (Å²) in [7, 11) is 0. The third-order valence-electron chi connectivity index (χ3n) is 3.40. The number of halogens is 1. The maximum absolute atomic E-state index is 12.2. The molecule has 0 aliphatic carbocycles. The van der Waals surface area contributed by atoms with Crippen molar-refractivity contribution in [2.24, 2.45) is 0 Å². The number of nitrogens with one attached hydrogen (secondary N) is 2. The van der Waals surface area contributed by atoms with E-state index in [-0.39, 0.29) is 17.6 Å². The van der Waals surface area contributed by atoms with Crippen molar-refractivity contribution >= 4 is 62.4 Å². The van der Waals surface area contributed by atoms with Crippen molar-refractivity contribution in [2.75, 3.05) is 17.6 Å². The number of carbonyl (C=O) groups excluding carboxylic acids is 2. The Morgan fingerprint density at radius 1 is 1.23 bits per heavy atom. The van der Waals surface area contributed by atoms with Crippen LogP contribution in [0, 0.1) is 0 Å². The highest BCUT2D eigenvalue weighted by molar-refractivity contribution is 8.01. The number of amides is 2. The summed E-state index contributed by atoms with van der Waals surface area (Å²) in [4.78, 5) is 28.5. The highest BCUT2D eigenvalue weighted by atomic mass is 35.5. The molecule has 2 N–H and O–H groups in total. The summed E-state index contributed by atoms with van der Waals surface area (Å²) in [6.07, 6.45) is 0. The van der Waals surface area contributed by atoms with Crippen molar-refractivity contribution in [2.45, 2.75) is 11.3 Å². The normalized spacial score (nSPS) is 10.7. The number of thioether (sulfide) groups is 1. The number of anilines is 1. The molecule has 134 valence electrons. The Bertz CT molecular complexity index is 959. The van der Waals surface area contributed by atoms with Crippen LogP contribution in [-0.4, -0.2) is 29.1 Å². The summed E-state index contributed by atoms with van der Waals surface area (Å²) in [5.41, 5.74) is 1.94. The summed E-state index contributed by atoms with van der Waals surface area (Å²) in [6, 6.07) is 12.4. The number of hydrogen-bond acceptors (Lipinski definition) is 5. The van der Waals surface area contributed by atoms with Gasteiger partial charge in [0.05, 0.1) is 16.0 Å². The lowest BCUT2D eigenvalue weighted by atomic mass is 10.2. The third-order valence-corrected chi connectivity index (χ3v) is 5.82. The van der Waals surface area contributed by atoms with Crippen LogP contribution in [0.5, 0.6) is 0 Å². The molecule has 0 aliphatic heterocycles. The average Bonchev–Trinajstić information content (AvgIpc) is 3.02. The van der Waals surface area contributed by atoms with E-state index in [4.69, 9.17) is 11.6 Å². The van der Waals surface area contributed by atoms with E-state index in [9.17, 15) is 9.59 Å². The molecule has 0 atom stereocenters. The fourth-order valence-corrected chi connectivity index (χ4v) is 4.28. The number of benzene rings is 2. The summed E-state index contributed by atoms with van der Waals surface area (Å²) >= 11 is 8.86. The SMILES string of the molecule is CCNC(=O)c1cccc(NC(=O)CSc2nc3cc(Cl)ccc3s2)c1. The van der Waals surface area contributed by atoms with Gasteiger partial charge >= 0.3 is 0 Å². The molecule has 2 amide bonds. The van der Waals surface area contributed by atoms with E-state index in [0.717, 1.165) is 14.6 Å². The average molecular weight is 406 g/mol. The second-order valence-corrected chi connectivity index (χ2v) is 8.06. The molecule has 1 heterocycles. The fourth-order valence-electron chi connectivity index (χ4n) is 2.27. The van der Waals surface area contributed by atoms with Crippen molar-refractivity contribution in [3.63, 3.8) is 0 Å². The van der Waals surface area contributed by atoms with Crippen LogP contribution < -0.4 is 10.6 Å². The zero-order valence-corrected chi connectivity index (χ0v) is 16.3. The first-order chi connectivity index (χ1) is 12.5. The predicted molar refractivity (Wildman–Crippen MR) is 108 cm³/mol. The van der Waals surface area contributed by atoms with Crippen LogP contribution in [0.15, 0.2) is 46.8 Å². The molecule has 0 unspecified atom stereocenters. The van der Waals surface area contributed by atoms with E-state index in [1.165, 1.54) is 23.1 Å². The first kappa shape index (κ1) is 18.7. The second kappa shape index (κ2) is 8.53. The molecule has 1 aromatic heterocycles. The first-order valence-corrected chi connectivity index (χ1v) is 10.1. The molecule has 0 aliphatic rings. The maximum Gasteiger partial charge on any atom is 0.251 e. The Hall–Kier alpha value is -2.09. The lowest BCUT2D eigenvalue weighted by Crippen LogP contribution is -2.23. The van der Waals surface area contributed by atoms with Crippen LogP contribution in [-0.2, 0) is 4.79 Å². The van der Waals surface area contributed by atoms with Crippen molar-refractivity contribution in [3.8, 4) is 0 Å². The van der Waals surface area contributed by atoms with Crippen LogP contribution in [0.4, 0.5) is 5.69 Å². The minimum Gasteiger partial charge on any atom is -0.352 e. The molecule has 0 fully saturated rings. The lowest BCUT2D eigenvalue weighted by Gasteiger charge is -2.07. The molecular weight excluding hydrogens is 390 g/mol. The van der Waals surface area contributed by atoms with Gasteiger partial charge in [0.25, 0.3) is 5.91 Å². The number of carbonyl (C=O) groups is 2. The number of fused-ring (bicyclic) bond motifs is 1. The van der Waals surface area contributed by atoms with E-state index >= 15 is 0 Å². The Morgan fingerprint density at radius 3 is 2.88 bits per heavy atom. The van der Waals surface area contributed by atoms with Crippen molar-refractivity contribution in [1.29, 1.82) is 0 Å². The third kappa shape index (κ3) is 4.75. The largest absolute Gasteiger partial charge is 0.352 e. The number of rotatable bonds is 6. The zero-order chi connectivity index (χ0) is 18.5. The van der Waals surface area contributed by atoms with Gasteiger partial charge in [0.2, 0.25) is 5.91 Å². The van der Waals surface area contributed by atoms with E-state index < -0.39 is 0 Å². The number of thiazole rings is 1. The highest BCUT2D eigenvalue weighted by Crippen LogP contribution is 2.31. The second-order valence-electron chi connectivity index (χ2n) is 5.37. The van der Waals surface area contributed by atoms with Crippen molar-refractivity contribution in [1.82, 2.24) is 10.3 Å². The van der Waals surface area contributed by atoms with Gasteiger partial charge in [0.1, 0.15) is 0 Å². The molecule has 26 heavy (non-hydrogen) atoms. The van der Waals surface area contributed by atoms with Gasteiger partial charge in [-0.15, -0.1) is 11.3 Å². The molecule has 0 radical (unpaired) electrons. The molecule has 0 bridgehead atoms. The van der Waals surface area contributed by atoms with Gasteiger partial charge in [-0.3, -0.25) is 9.59 Å². The van der Waals surface area contributed by atoms with Crippen LogP contribution in [0.1, 0.15) is 17.3 Å². The zero-order valence-electron chi connectivity index (χ0n) is 13.9. The predicted octanol–water partition coefficient (Wildman–Crippen LogP) is 4.43. The first-order valence-electron chi connectivity index (χ1n) is 7.92. The standard InChI is InChI=1S/C18H16ClN3O2S2/c1-2-20-17(24)11-4-3-5-13(8-11)21-16(23)10-25-18-22-14-9-12(19)6-7-15(14)26-18/h3-9H,2,10H2,1H3,(H,20,24)(H,21,23). The Labute approximate surface area is 164 Å². The van der Waals surface area contributed by atoms with Gasteiger partial charge in [-0.25, -0.2) is 4.98 Å².